The van der Waals surface area contributed by atoms with Gasteiger partial charge in [0.1, 0.15) is 17.2 Å². The van der Waals surface area contributed by atoms with Crippen molar-refractivity contribution in [3.8, 4) is 5.75 Å². The number of halogens is 1. The molecule has 2 aromatic rings. The molecule has 30 heavy (non-hydrogen) atoms. The van der Waals surface area contributed by atoms with Crippen LogP contribution in [0.15, 0.2) is 30.3 Å². The number of carbonyl (C=O) groups excluding carboxylic acids is 2. The minimum Gasteiger partial charge on any atom is -0.485 e. The number of rotatable bonds is 4. The van der Waals surface area contributed by atoms with Crippen molar-refractivity contribution in [2.75, 3.05) is 17.7 Å². The number of nitrogens with two attached hydrogens (primary N) is 1. The molecule has 0 aliphatic carbocycles. The molecule has 1 aliphatic rings. The van der Waals surface area contributed by atoms with Crippen molar-refractivity contribution < 1.29 is 23.5 Å². The largest absolute Gasteiger partial charge is 0.485 e. The normalized spacial score (nSPS) is 16.2. The van der Waals surface area contributed by atoms with E-state index in [0.29, 0.717) is 17.0 Å². The van der Waals surface area contributed by atoms with E-state index >= 15 is 0 Å². The van der Waals surface area contributed by atoms with Crippen LogP contribution in [-0.2, 0) is 10.2 Å². The van der Waals surface area contributed by atoms with Crippen LogP contribution in [0, 0.1) is 5.82 Å². The van der Waals surface area contributed by atoms with Gasteiger partial charge in [-0.3, -0.25) is 4.79 Å². The van der Waals surface area contributed by atoms with Crippen LogP contribution >= 0.6 is 0 Å². The lowest BCUT2D eigenvalue weighted by Gasteiger charge is -2.43. The molecule has 1 aliphatic heterocycles. The zero-order chi connectivity index (χ0) is 22.3. The van der Waals surface area contributed by atoms with E-state index in [2.05, 4.69) is 19.2 Å². The van der Waals surface area contributed by atoms with E-state index < -0.39 is 17.7 Å². The number of anilines is 2. The van der Waals surface area contributed by atoms with Crippen molar-refractivity contribution in [1.82, 2.24) is 0 Å². The fourth-order valence-electron chi connectivity index (χ4n) is 4.04. The molecule has 6 nitrogen and oxygen atoms in total. The number of amides is 1. The van der Waals surface area contributed by atoms with Crippen LogP contribution in [0.1, 0.15) is 67.3 Å². The fourth-order valence-corrected chi connectivity index (χ4v) is 4.04. The summed E-state index contributed by atoms with van der Waals surface area (Å²) in [4.78, 5) is 24.5. The highest BCUT2D eigenvalue weighted by Gasteiger charge is 2.40. The molecule has 0 fully saturated rings. The monoisotopic (exact) mass is 414 g/mol. The lowest BCUT2D eigenvalue weighted by molar-refractivity contribution is 0.0519. The van der Waals surface area contributed by atoms with Gasteiger partial charge in [0.2, 0.25) is 0 Å². The zero-order valence-electron chi connectivity index (χ0n) is 17.9. The second-order valence-electron chi connectivity index (χ2n) is 8.73. The summed E-state index contributed by atoms with van der Waals surface area (Å²) in [5.74, 6) is -1.36. The van der Waals surface area contributed by atoms with Gasteiger partial charge in [-0.25, -0.2) is 9.18 Å². The summed E-state index contributed by atoms with van der Waals surface area (Å²) >= 11 is 0. The Kier molecular flexibility index (Phi) is 5.50. The van der Waals surface area contributed by atoms with Gasteiger partial charge in [0.05, 0.1) is 17.9 Å². The van der Waals surface area contributed by atoms with Crippen molar-refractivity contribution in [2.24, 2.45) is 0 Å². The van der Waals surface area contributed by atoms with E-state index in [1.165, 1.54) is 12.1 Å². The smallest absolute Gasteiger partial charge is 0.341 e. The molecule has 0 atom stereocenters. The second-order valence-corrected chi connectivity index (χ2v) is 8.73. The van der Waals surface area contributed by atoms with Gasteiger partial charge in [-0.05, 0) is 62.9 Å². The van der Waals surface area contributed by atoms with E-state index in [1.807, 2.05) is 13.8 Å². The minimum absolute atomic E-state index is 0.147. The highest BCUT2D eigenvalue weighted by atomic mass is 19.1. The maximum absolute atomic E-state index is 14.3. The molecular weight excluding hydrogens is 387 g/mol. The average Bonchev–Trinajstić information content (AvgIpc) is 2.61. The predicted molar refractivity (Wildman–Crippen MR) is 114 cm³/mol. The lowest BCUT2D eigenvalue weighted by Crippen LogP contribution is -2.41. The van der Waals surface area contributed by atoms with E-state index in [4.69, 9.17) is 15.2 Å². The van der Waals surface area contributed by atoms with Crippen LogP contribution in [0.4, 0.5) is 15.8 Å². The Morgan fingerprint density at radius 2 is 1.90 bits per heavy atom. The molecular formula is C23H27FN2O4. The maximum atomic E-state index is 14.3. The van der Waals surface area contributed by atoms with Crippen LogP contribution < -0.4 is 15.8 Å². The van der Waals surface area contributed by atoms with Crippen molar-refractivity contribution in [1.29, 1.82) is 0 Å². The van der Waals surface area contributed by atoms with E-state index in [0.717, 1.165) is 18.1 Å². The van der Waals surface area contributed by atoms with Gasteiger partial charge in [-0.1, -0.05) is 13.8 Å². The molecule has 7 heteroatoms. The van der Waals surface area contributed by atoms with E-state index in [1.54, 1.807) is 19.1 Å². The molecule has 0 aromatic heterocycles. The molecule has 3 rings (SSSR count). The van der Waals surface area contributed by atoms with Crippen LogP contribution in [0.5, 0.6) is 5.75 Å². The van der Waals surface area contributed by atoms with Gasteiger partial charge in [0.15, 0.2) is 0 Å². The molecule has 0 saturated carbocycles. The SMILES string of the molecule is CCOC(=O)c1ccc(NC(=O)c2cc(N)c3c(c2)C(C)(C)CC(C)(C)O3)cc1F. The minimum atomic E-state index is -0.770. The topological polar surface area (TPSA) is 90.7 Å². The molecule has 0 radical (unpaired) electrons. The van der Waals surface area contributed by atoms with E-state index in [-0.39, 0.29) is 28.9 Å². The first kappa shape index (κ1) is 21.6. The highest BCUT2D eigenvalue weighted by Crippen LogP contribution is 2.47. The van der Waals surface area contributed by atoms with Crippen LogP contribution in [-0.4, -0.2) is 24.1 Å². The lowest BCUT2D eigenvalue weighted by atomic mass is 9.73. The van der Waals surface area contributed by atoms with Crippen LogP contribution in [0.2, 0.25) is 0 Å². The molecule has 160 valence electrons. The van der Waals surface area contributed by atoms with Gasteiger partial charge >= 0.3 is 5.97 Å². The summed E-state index contributed by atoms with van der Waals surface area (Å²) in [5, 5.41) is 2.65. The molecule has 1 heterocycles. The highest BCUT2D eigenvalue weighted by molar-refractivity contribution is 6.05. The quantitative estimate of drug-likeness (QED) is 0.560. The molecule has 2 aromatic carbocycles. The summed E-state index contributed by atoms with van der Waals surface area (Å²) in [6, 6.07) is 7.13. The van der Waals surface area contributed by atoms with E-state index in [9.17, 15) is 14.0 Å². The average molecular weight is 414 g/mol. The Labute approximate surface area is 175 Å². The number of hydrogen-bond acceptors (Lipinski definition) is 5. The van der Waals surface area contributed by atoms with Crippen LogP contribution in [0.25, 0.3) is 0 Å². The number of nitrogens with one attached hydrogen (secondary N) is 1. The molecule has 0 unspecified atom stereocenters. The summed E-state index contributed by atoms with van der Waals surface area (Å²) in [5.41, 5.74) is 7.21. The van der Waals surface area contributed by atoms with Gasteiger partial charge in [0, 0.05) is 16.8 Å². The zero-order valence-corrected chi connectivity index (χ0v) is 17.9. The molecule has 3 N–H and O–H groups in total. The number of benzene rings is 2. The maximum Gasteiger partial charge on any atom is 0.341 e. The first-order valence-electron chi connectivity index (χ1n) is 9.84. The number of carbonyl (C=O) groups is 2. The number of nitrogen functional groups attached to an aromatic ring is 1. The van der Waals surface area contributed by atoms with Gasteiger partial charge in [0.25, 0.3) is 5.91 Å². The number of hydrogen-bond donors (Lipinski definition) is 2. The van der Waals surface area contributed by atoms with Crippen molar-refractivity contribution >= 4 is 23.3 Å². The third-order valence-corrected chi connectivity index (χ3v) is 5.08. The number of ether oxygens (including phenoxy) is 2. The van der Waals surface area contributed by atoms with Crippen molar-refractivity contribution in [3.05, 3.63) is 52.8 Å². The molecule has 0 bridgehead atoms. The summed E-state index contributed by atoms with van der Waals surface area (Å²) in [7, 11) is 0. The first-order valence-corrected chi connectivity index (χ1v) is 9.84. The van der Waals surface area contributed by atoms with Crippen molar-refractivity contribution in [2.45, 2.75) is 52.1 Å². The summed E-state index contributed by atoms with van der Waals surface area (Å²) in [6.07, 6.45) is 0.762. The first-order chi connectivity index (χ1) is 13.9. The Morgan fingerprint density at radius 1 is 1.20 bits per heavy atom. The summed E-state index contributed by atoms with van der Waals surface area (Å²) in [6.45, 7) is 9.97. The third kappa shape index (κ3) is 4.25. The van der Waals surface area contributed by atoms with Crippen molar-refractivity contribution in [3.63, 3.8) is 0 Å². The number of esters is 1. The standard InChI is InChI=1S/C23H27FN2O4/c1-6-29-21(28)15-8-7-14(11-17(15)24)26-20(27)13-9-16-19(18(25)10-13)30-23(4,5)12-22(16,2)3/h7-11H,6,12,25H2,1-5H3,(H,26,27). The Bertz CT molecular complexity index is 1010. The Balaban J connectivity index is 1.88. The summed E-state index contributed by atoms with van der Waals surface area (Å²) < 4.78 is 25.1. The Hall–Kier alpha value is -3.09. The third-order valence-electron chi connectivity index (χ3n) is 5.08. The van der Waals surface area contributed by atoms with Crippen LogP contribution in [0.3, 0.4) is 0 Å². The predicted octanol–water partition coefficient (Wildman–Crippen LogP) is 4.68. The van der Waals surface area contributed by atoms with Gasteiger partial charge in [-0.15, -0.1) is 0 Å². The Morgan fingerprint density at radius 3 is 2.53 bits per heavy atom. The number of fused-ring (bicyclic) bond motifs is 1. The van der Waals surface area contributed by atoms with Gasteiger partial charge in [-0.2, -0.15) is 0 Å². The molecule has 1 amide bonds. The molecule has 0 saturated heterocycles. The fraction of sp³-hybridized carbons (Fsp3) is 0.391. The van der Waals surface area contributed by atoms with Gasteiger partial charge < -0.3 is 20.5 Å². The second kappa shape index (κ2) is 7.63. The molecule has 0 spiro atoms.